The fourth-order valence-corrected chi connectivity index (χ4v) is 3.21. The van der Waals surface area contributed by atoms with Gasteiger partial charge in [0, 0.05) is 15.7 Å². The minimum atomic E-state index is -0.225. The summed E-state index contributed by atoms with van der Waals surface area (Å²) in [5, 5.41) is 3.37. The number of aromatic nitrogens is 1. The molecule has 0 atom stereocenters. The van der Waals surface area contributed by atoms with Crippen molar-refractivity contribution in [3.8, 4) is 0 Å². The molecule has 100 valence electrons. The summed E-state index contributed by atoms with van der Waals surface area (Å²) in [6.07, 6.45) is 0. The number of rotatable bonds is 2. The van der Waals surface area contributed by atoms with Gasteiger partial charge in [-0.1, -0.05) is 39.4 Å². The van der Waals surface area contributed by atoms with Crippen LogP contribution in [0.5, 0.6) is 0 Å². The molecule has 3 rings (SSSR count). The third kappa shape index (κ3) is 2.66. The number of amides is 1. The molecule has 1 aromatic heterocycles. The number of nitrogens with two attached hydrogens (primary N) is 1. The highest BCUT2D eigenvalue weighted by atomic mass is 79.9. The number of carbonyl (C=O) groups excluding carboxylic acids is 1. The van der Waals surface area contributed by atoms with Crippen molar-refractivity contribution < 1.29 is 4.79 Å². The van der Waals surface area contributed by atoms with Crippen LogP contribution in [-0.4, -0.2) is 10.9 Å². The van der Waals surface area contributed by atoms with Crippen LogP contribution < -0.4 is 11.1 Å². The summed E-state index contributed by atoms with van der Waals surface area (Å²) in [6.45, 7) is 0. The number of carbonyl (C=O) groups is 1. The molecular formula is C14H10BrN3OS. The molecule has 6 heteroatoms. The number of nitrogens with one attached hydrogen (secondary N) is 1. The Hall–Kier alpha value is -1.92. The first-order chi connectivity index (χ1) is 9.61. The Morgan fingerprint density at radius 1 is 1.25 bits per heavy atom. The number of anilines is 2. The van der Waals surface area contributed by atoms with Gasteiger partial charge in [0.1, 0.15) is 0 Å². The topological polar surface area (TPSA) is 68.0 Å². The number of nitrogen functional groups attached to an aromatic ring is 1. The zero-order chi connectivity index (χ0) is 14.1. The number of benzene rings is 2. The lowest BCUT2D eigenvalue weighted by atomic mass is 10.2. The number of hydrogen-bond acceptors (Lipinski definition) is 4. The van der Waals surface area contributed by atoms with Gasteiger partial charge in [0.05, 0.1) is 10.2 Å². The summed E-state index contributed by atoms with van der Waals surface area (Å²) in [4.78, 5) is 16.5. The van der Waals surface area contributed by atoms with Gasteiger partial charge in [-0.15, -0.1) is 0 Å². The molecule has 3 aromatic rings. The Bertz CT molecular complexity index is 747. The summed E-state index contributed by atoms with van der Waals surface area (Å²) in [7, 11) is 0. The molecule has 0 saturated carbocycles. The zero-order valence-corrected chi connectivity index (χ0v) is 12.7. The molecule has 1 amide bonds. The van der Waals surface area contributed by atoms with Crippen LogP contribution in [0.25, 0.3) is 10.2 Å². The van der Waals surface area contributed by atoms with Crippen molar-refractivity contribution in [3.05, 3.63) is 52.5 Å². The first-order valence-electron chi connectivity index (χ1n) is 5.85. The monoisotopic (exact) mass is 347 g/mol. The molecule has 4 nitrogen and oxygen atoms in total. The van der Waals surface area contributed by atoms with Gasteiger partial charge in [-0.3, -0.25) is 10.1 Å². The second-order valence-electron chi connectivity index (χ2n) is 4.21. The first-order valence-corrected chi connectivity index (χ1v) is 7.46. The highest BCUT2D eigenvalue weighted by Gasteiger charge is 2.10. The average molecular weight is 348 g/mol. The van der Waals surface area contributed by atoms with E-state index in [1.807, 2.05) is 24.3 Å². The molecule has 0 aliphatic carbocycles. The number of nitrogens with zero attached hydrogens (tertiary/aromatic N) is 1. The van der Waals surface area contributed by atoms with Gasteiger partial charge < -0.3 is 5.73 Å². The van der Waals surface area contributed by atoms with Crippen LogP contribution in [0.4, 0.5) is 10.8 Å². The van der Waals surface area contributed by atoms with E-state index < -0.39 is 0 Å². The molecule has 0 unspecified atom stereocenters. The minimum absolute atomic E-state index is 0.225. The van der Waals surface area contributed by atoms with Crippen molar-refractivity contribution in [1.82, 2.24) is 4.98 Å². The number of para-hydroxylation sites is 1. The first kappa shape index (κ1) is 13.1. The summed E-state index contributed by atoms with van der Waals surface area (Å²) < 4.78 is 1.81. The van der Waals surface area contributed by atoms with Crippen LogP contribution in [0, 0.1) is 0 Å². The Kier molecular flexibility index (Phi) is 3.42. The van der Waals surface area contributed by atoms with Crippen LogP contribution in [0.2, 0.25) is 0 Å². The Morgan fingerprint density at radius 2 is 2.05 bits per heavy atom. The highest BCUT2D eigenvalue weighted by molar-refractivity contribution is 9.10. The van der Waals surface area contributed by atoms with Gasteiger partial charge in [0.15, 0.2) is 5.13 Å². The summed E-state index contributed by atoms with van der Waals surface area (Å²) in [5.74, 6) is -0.225. The van der Waals surface area contributed by atoms with Gasteiger partial charge >= 0.3 is 0 Å². The number of hydrogen-bond donors (Lipinski definition) is 2. The SMILES string of the molecule is Nc1cc(Br)cc(C(=O)Nc2nc3ccccc3s2)c1. The third-order valence-electron chi connectivity index (χ3n) is 2.70. The number of thiazole rings is 1. The van der Waals surface area contributed by atoms with Crippen LogP contribution in [0.15, 0.2) is 46.9 Å². The molecule has 0 radical (unpaired) electrons. The normalized spacial score (nSPS) is 10.7. The molecule has 0 aliphatic rings. The van der Waals surface area contributed by atoms with Crippen molar-refractivity contribution in [3.63, 3.8) is 0 Å². The lowest BCUT2D eigenvalue weighted by molar-refractivity contribution is 0.102. The second-order valence-corrected chi connectivity index (χ2v) is 6.16. The molecule has 0 fully saturated rings. The van der Waals surface area contributed by atoms with Crippen molar-refractivity contribution >= 4 is 54.2 Å². The minimum Gasteiger partial charge on any atom is -0.399 e. The maximum Gasteiger partial charge on any atom is 0.257 e. The van der Waals surface area contributed by atoms with E-state index in [9.17, 15) is 4.79 Å². The summed E-state index contributed by atoms with van der Waals surface area (Å²) in [5.41, 5.74) is 7.64. The molecular weight excluding hydrogens is 338 g/mol. The van der Waals surface area contributed by atoms with Crippen molar-refractivity contribution in [1.29, 1.82) is 0 Å². The van der Waals surface area contributed by atoms with E-state index in [2.05, 4.69) is 26.2 Å². The lowest BCUT2D eigenvalue weighted by Crippen LogP contribution is -2.12. The maximum atomic E-state index is 12.2. The molecule has 0 bridgehead atoms. The van der Waals surface area contributed by atoms with Crippen LogP contribution in [0.1, 0.15) is 10.4 Å². The van der Waals surface area contributed by atoms with Gasteiger partial charge in [-0.05, 0) is 30.3 Å². The van der Waals surface area contributed by atoms with Crippen LogP contribution in [-0.2, 0) is 0 Å². The highest BCUT2D eigenvalue weighted by Crippen LogP contribution is 2.26. The van der Waals surface area contributed by atoms with Crippen molar-refractivity contribution in [2.24, 2.45) is 0 Å². The van der Waals surface area contributed by atoms with Gasteiger partial charge in [0.25, 0.3) is 5.91 Å². The number of fused-ring (bicyclic) bond motifs is 1. The second kappa shape index (κ2) is 5.22. The quantitative estimate of drug-likeness (QED) is 0.691. The van der Waals surface area contributed by atoms with Crippen LogP contribution >= 0.6 is 27.3 Å². The fourth-order valence-electron chi connectivity index (χ4n) is 1.84. The van der Waals surface area contributed by atoms with E-state index in [0.717, 1.165) is 14.7 Å². The Labute approximate surface area is 127 Å². The standard InChI is InChI=1S/C14H10BrN3OS/c15-9-5-8(6-10(16)7-9)13(19)18-14-17-11-3-1-2-4-12(11)20-14/h1-7H,16H2,(H,17,18,19). The largest absolute Gasteiger partial charge is 0.399 e. The van der Waals surface area contributed by atoms with E-state index in [4.69, 9.17) is 5.73 Å². The predicted octanol–water partition coefficient (Wildman–Crippen LogP) is 3.89. The van der Waals surface area contributed by atoms with Crippen LogP contribution in [0.3, 0.4) is 0 Å². The zero-order valence-electron chi connectivity index (χ0n) is 10.3. The Balaban J connectivity index is 1.88. The van der Waals surface area contributed by atoms with E-state index in [0.29, 0.717) is 16.4 Å². The summed E-state index contributed by atoms with van der Waals surface area (Å²) >= 11 is 4.76. The molecule has 3 N–H and O–H groups in total. The third-order valence-corrected chi connectivity index (χ3v) is 4.11. The molecule has 2 aromatic carbocycles. The van der Waals surface area contributed by atoms with Crippen molar-refractivity contribution in [2.45, 2.75) is 0 Å². The maximum absolute atomic E-state index is 12.2. The number of halogens is 1. The fraction of sp³-hybridized carbons (Fsp3) is 0. The van der Waals surface area contributed by atoms with E-state index >= 15 is 0 Å². The molecule has 0 aliphatic heterocycles. The van der Waals surface area contributed by atoms with Gasteiger partial charge in [-0.2, -0.15) is 0 Å². The van der Waals surface area contributed by atoms with E-state index in [1.165, 1.54) is 11.3 Å². The average Bonchev–Trinajstić information content (AvgIpc) is 2.79. The molecule has 20 heavy (non-hydrogen) atoms. The van der Waals surface area contributed by atoms with E-state index in [1.54, 1.807) is 18.2 Å². The van der Waals surface area contributed by atoms with Crippen molar-refractivity contribution in [2.75, 3.05) is 11.1 Å². The molecule has 0 saturated heterocycles. The smallest absolute Gasteiger partial charge is 0.257 e. The predicted molar refractivity (Wildman–Crippen MR) is 86.1 cm³/mol. The van der Waals surface area contributed by atoms with Gasteiger partial charge in [-0.25, -0.2) is 4.98 Å². The summed E-state index contributed by atoms with van der Waals surface area (Å²) in [6, 6.07) is 12.9. The lowest BCUT2D eigenvalue weighted by Gasteiger charge is -2.03. The van der Waals surface area contributed by atoms with Gasteiger partial charge in [0.2, 0.25) is 0 Å². The molecule has 1 heterocycles. The Morgan fingerprint density at radius 3 is 2.80 bits per heavy atom. The molecule has 0 spiro atoms. The van der Waals surface area contributed by atoms with E-state index in [-0.39, 0.29) is 5.91 Å².